The van der Waals surface area contributed by atoms with Gasteiger partial charge in [0, 0.05) is 36.7 Å². The molecular weight excluding hydrogens is 402 g/mol. The Kier molecular flexibility index (Phi) is 5.56. The van der Waals surface area contributed by atoms with Crippen molar-refractivity contribution in [1.29, 1.82) is 0 Å². The number of thioether (sulfide) groups is 1. The van der Waals surface area contributed by atoms with Gasteiger partial charge in [0.1, 0.15) is 11.7 Å². The first-order valence-electron chi connectivity index (χ1n) is 9.33. The van der Waals surface area contributed by atoms with Gasteiger partial charge < -0.3 is 25.1 Å². The summed E-state index contributed by atoms with van der Waals surface area (Å²) in [6.07, 6.45) is -1.83. The number of carbonyl (C=O) groups is 4. The lowest BCUT2D eigenvalue weighted by Crippen LogP contribution is -2.63. The van der Waals surface area contributed by atoms with E-state index in [0.29, 0.717) is 4.91 Å². The maximum Gasteiger partial charge on any atom is 0.408 e. The van der Waals surface area contributed by atoms with Crippen LogP contribution in [-0.2, 0) is 14.4 Å². The topological polar surface area (TPSA) is 139 Å². The van der Waals surface area contributed by atoms with Crippen molar-refractivity contribution in [3.05, 3.63) is 10.6 Å². The molecule has 160 valence electrons. The number of likely N-dealkylation sites (N-methyl/N-ethyl adjacent to an activating group) is 1. The number of carboxylic acid groups (broad SMARTS) is 2. The molecule has 2 fully saturated rings. The number of hydrogen-bond acceptors (Lipinski definition) is 6. The molecule has 0 bridgehead atoms. The molecule has 3 aliphatic heterocycles. The van der Waals surface area contributed by atoms with Crippen LogP contribution < -0.4 is 0 Å². The summed E-state index contributed by atoms with van der Waals surface area (Å²) in [6.45, 7) is 3.41. The zero-order valence-corrected chi connectivity index (χ0v) is 17.4. The Morgan fingerprint density at radius 3 is 2.34 bits per heavy atom. The van der Waals surface area contributed by atoms with Crippen molar-refractivity contribution < 1.29 is 34.5 Å². The monoisotopic (exact) mass is 427 g/mol. The van der Waals surface area contributed by atoms with Gasteiger partial charge >= 0.3 is 12.1 Å². The van der Waals surface area contributed by atoms with Gasteiger partial charge in [-0.05, 0) is 13.3 Å². The lowest BCUT2D eigenvalue weighted by molar-refractivity contribution is -0.163. The fraction of sp³-hybridized carbons (Fsp3) is 0.667. The van der Waals surface area contributed by atoms with E-state index in [4.69, 9.17) is 0 Å². The summed E-state index contributed by atoms with van der Waals surface area (Å²) in [5, 5.41) is 28.8. The molecule has 3 amide bonds. The van der Waals surface area contributed by atoms with Crippen LogP contribution in [0.2, 0.25) is 0 Å². The highest BCUT2D eigenvalue weighted by Crippen LogP contribution is 2.52. The third-order valence-corrected chi connectivity index (χ3v) is 7.33. The molecule has 0 radical (unpaired) electrons. The Bertz CT molecular complexity index is 796. The molecule has 0 aromatic carbocycles. The summed E-state index contributed by atoms with van der Waals surface area (Å²) >= 11 is 1.22. The molecule has 6 unspecified atom stereocenters. The number of carboxylic acids is 1. The molecule has 6 atom stereocenters. The summed E-state index contributed by atoms with van der Waals surface area (Å²) in [7, 11) is 3.11. The summed E-state index contributed by atoms with van der Waals surface area (Å²) < 4.78 is 0. The molecule has 3 aliphatic rings. The van der Waals surface area contributed by atoms with Gasteiger partial charge in [0.15, 0.2) is 0 Å². The van der Waals surface area contributed by atoms with Crippen molar-refractivity contribution in [3.8, 4) is 0 Å². The number of β-lactam (4-membered cyclic amide) rings is 1. The molecule has 0 spiro atoms. The quantitative estimate of drug-likeness (QED) is 0.525. The fourth-order valence-electron chi connectivity index (χ4n) is 4.48. The minimum atomic E-state index is -1.23. The maximum atomic E-state index is 12.4. The van der Waals surface area contributed by atoms with Crippen LogP contribution in [0.1, 0.15) is 20.3 Å². The average Bonchev–Trinajstić information content (AvgIpc) is 3.13. The Hall–Kier alpha value is -2.27. The van der Waals surface area contributed by atoms with Crippen molar-refractivity contribution in [2.24, 2.45) is 11.8 Å². The Labute approximate surface area is 172 Å². The van der Waals surface area contributed by atoms with E-state index in [-0.39, 0.29) is 35.7 Å². The molecule has 3 heterocycles. The first-order valence-corrected chi connectivity index (χ1v) is 10.2. The first kappa shape index (κ1) is 21.4. The van der Waals surface area contributed by atoms with Crippen LogP contribution in [0.25, 0.3) is 0 Å². The Balaban J connectivity index is 1.86. The minimum Gasteiger partial charge on any atom is -0.477 e. The second kappa shape index (κ2) is 7.52. The minimum absolute atomic E-state index is 0.0891. The standard InChI is InChI=1S/C18H25N3O7S/c1-7-12-11(8(2)22)16(24)21(12)13(17(25)26)14(7)29-9-5-10(15(23)19(3)4)20(6-9)18(27)28/h7-12,22H,5-6H2,1-4H3,(H,25,26)(H,27,28). The highest BCUT2D eigenvalue weighted by Gasteiger charge is 2.60. The number of fused-ring (bicyclic) bond motifs is 1. The van der Waals surface area contributed by atoms with Gasteiger partial charge in [0.2, 0.25) is 11.8 Å². The predicted molar refractivity (Wildman–Crippen MR) is 103 cm³/mol. The normalized spacial score (nSPS) is 32.2. The summed E-state index contributed by atoms with van der Waals surface area (Å²) in [5.74, 6) is -2.92. The van der Waals surface area contributed by atoms with E-state index in [9.17, 15) is 34.5 Å². The van der Waals surface area contributed by atoms with E-state index in [0.717, 1.165) is 4.90 Å². The zero-order chi connectivity index (χ0) is 21.8. The molecular formula is C18H25N3O7S. The molecule has 0 saturated carbocycles. The van der Waals surface area contributed by atoms with Gasteiger partial charge in [-0.25, -0.2) is 9.59 Å². The molecule has 0 aliphatic carbocycles. The van der Waals surface area contributed by atoms with Crippen LogP contribution in [0.5, 0.6) is 0 Å². The maximum absolute atomic E-state index is 12.4. The van der Waals surface area contributed by atoms with E-state index in [1.165, 1.54) is 28.5 Å². The van der Waals surface area contributed by atoms with E-state index in [1.807, 2.05) is 6.92 Å². The third-order valence-electron chi connectivity index (χ3n) is 5.84. The molecule has 10 nitrogen and oxygen atoms in total. The van der Waals surface area contributed by atoms with Gasteiger partial charge in [0.25, 0.3) is 0 Å². The number of likely N-dealkylation sites (tertiary alicyclic amines) is 1. The lowest BCUT2D eigenvalue weighted by Gasteiger charge is -2.46. The van der Waals surface area contributed by atoms with Gasteiger partial charge in [-0.3, -0.25) is 14.5 Å². The predicted octanol–water partition coefficient (Wildman–Crippen LogP) is 0.0824. The summed E-state index contributed by atoms with van der Waals surface area (Å²) in [5.41, 5.74) is -0.0985. The molecule has 2 saturated heterocycles. The van der Waals surface area contributed by atoms with Gasteiger partial charge in [0.05, 0.1) is 18.1 Å². The molecule has 3 rings (SSSR count). The largest absolute Gasteiger partial charge is 0.477 e. The van der Waals surface area contributed by atoms with Crippen LogP contribution in [0.4, 0.5) is 4.79 Å². The molecule has 3 N–H and O–H groups in total. The van der Waals surface area contributed by atoms with Crippen LogP contribution in [0, 0.1) is 11.8 Å². The number of nitrogens with zero attached hydrogens (tertiary/aromatic N) is 3. The Morgan fingerprint density at radius 1 is 1.24 bits per heavy atom. The highest BCUT2D eigenvalue weighted by atomic mass is 32.2. The van der Waals surface area contributed by atoms with Gasteiger partial charge in [-0.15, -0.1) is 11.8 Å². The zero-order valence-electron chi connectivity index (χ0n) is 16.6. The van der Waals surface area contributed by atoms with Gasteiger partial charge in [-0.1, -0.05) is 6.92 Å². The first-order chi connectivity index (χ1) is 13.5. The molecule has 11 heteroatoms. The van der Waals surface area contributed by atoms with Crippen molar-refractivity contribution in [3.63, 3.8) is 0 Å². The van der Waals surface area contributed by atoms with Crippen LogP contribution in [0.15, 0.2) is 10.6 Å². The fourth-order valence-corrected chi connectivity index (χ4v) is 6.01. The van der Waals surface area contributed by atoms with Crippen LogP contribution in [0.3, 0.4) is 0 Å². The van der Waals surface area contributed by atoms with Crippen LogP contribution >= 0.6 is 11.8 Å². The van der Waals surface area contributed by atoms with Gasteiger partial charge in [-0.2, -0.15) is 0 Å². The smallest absolute Gasteiger partial charge is 0.408 e. The van der Waals surface area contributed by atoms with Crippen LogP contribution in [-0.4, -0.2) is 98.0 Å². The van der Waals surface area contributed by atoms with Crippen molar-refractivity contribution >= 4 is 35.6 Å². The number of aliphatic hydroxyl groups excluding tert-OH is 1. The van der Waals surface area contributed by atoms with E-state index in [1.54, 1.807) is 14.1 Å². The van der Waals surface area contributed by atoms with Crippen molar-refractivity contribution in [2.75, 3.05) is 20.6 Å². The SMILES string of the molecule is CC(O)C1C(=O)N2C(C(=O)O)=C(SC3CC(C(=O)N(C)C)N(C(=O)O)C3)C(C)C12. The average molecular weight is 427 g/mol. The number of carbonyl (C=O) groups excluding carboxylic acids is 2. The van der Waals surface area contributed by atoms with Crippen molar-refractivity contribution in [2.45, 2.75) is 43.7 Å². The van der Waals surface area contributed by atoms with E-state index >= 15 is 0 Å². The second-order valence-corrected chi connectivity index (χ2v) is 9.27. The number of amides is 3. The third kappa shape index (κ3) is 3.35. The number of rotatable bonds is 5. The number of hydrogen-bond donors (Lipinski definition) is 3. The Morgan fingerprint density at radius 2 is 1.86 bits per heavy atom. The summed E-state index contributed by atoms with van der Waals surface area (Å²) in [6, 6.07) is -1.25. The molecule has 0 aromatic heterocycles. The van der Waals surface area contributed by atoms with E-state index in [2.05, 4.69) is 0 Å². The lowest BCUT2D eigenvalue weighted by atomic mass is 9.79. The number of aliphatic hydroxyl groups is 1. The molecule has 29 heavy (non-hydrogen) atoms. The highest BCUT2D eigenvalue weighted by molar-refractivity contribution is 8.03. The number of aliphatic carboxylic acids is 1. The summed E-state index contributed by atoms with van der Waals surface area (Å²) in [4.78, 5) is 52.4. The van der Waals surface area contributed by atoms with E-state index < -0.39 is 42.1 Å². The van der Waals surface area contributed by atoms with Crippen molar-refractivity contribution in [1.82, 2.24) is 14.7 Å². The second-order valence-electron chi connectivity index (χ2n) is 7.93. The molecule has 0 aromatic rings.